The molecule has 0 unspecified atom stereocenters. The predicted octanol–water partition coefficient (Wildman–Crippen LogP) is 3.07. The first kappa shape index (κ1) is 11.1. The molecule has 2 aromatic heterocycles. The average Bonchev–Trinajstić information content (AvgIpc) is 2.19. The van der Waals surface area contributed by atoms with Crippen LogP contribution in [0.4, 0.5) is 0 Å². The van der Waals surface area contributed by atoms with E-state index in [0.717, 1.165) is 11.4 Å². The van der Waals surface area contributed by atoms with Crippen LogP contribution >= 0.6 is 24.0 Å². The van der Waals surface area contributed by atoms with Gasteiger partial charge in [0.15, 0.2) is 0 Å². The van der Waals surface area contributed by atoms with Crippen molar-refractivity contribution in [3.8, 4) is 11.4 Å². The lowest BCUT2D eigenvalue weighted by atomic mass is 10.2. The van der Waals surface area contributed by atoms with E-state index < -0.39 is 0 Å². The molecule has 3 heteroatoms. The lowest BCUT2D eigenvalue weighted by Crippen LogP contribution is -1.86. The molecule has 0 aliphatic carbocycles. The van der Waals surface area contributed by atoms with Gasteiger partial charge in [-0.2, -0.15) is 0 Å². The van der Waals surface area contributed by atoms with Crippen molar-refractivity contribution in [3.63, 3.8) is 0 Å². The molecule has 0 atom stereocenters. The molecule has 0 radical (unpaired) electrons. The molecular weight excluding hydrogens is 287 g/mol. The van der Waals surface area contributed by atoms with Gasteiger partial charge in [-0.1, -0.05) is 6.07 Å². The Bertz CT molecular complexity index is 401. The van der Waals surface area contributed by atoms with Crippen LogP contribution in [0.2, 0.25) is 0 Å². The van der Waals surface area contributed by atoms with Crippen LogP contribution in [0.15, 0.2) is 42.7 Å². The minimum atomic E-state index is 0. The lowest BCUT2D eigenvalue weighted by molar-refractivity contribution is 1.23. The Hall–Kier alpha value is -0.970. The Balaban J connectivity index is 0.000000980. The zero-order chi connectivity index (χ0) is 9.10. The monoisotopic (exact) mass is 298 g/mol. The fourth-order valence-corrected chi connectivity index (χ4v) is 1.19. The standard InChI is InChI=1S/C11H10N2.HI/c1-9-5-7-13-11(8-9)10-4-2-3-6-12-10;/h2-8H,1H3;1H. The second-order valence-electron chi connectivity index (χ2n) is 2.93. The quantitative estimate of drug-likeness (QED) is 0.756. The van der Waals surface area contributed by atoms with Gasteiger partial charge in [-0.05, 0) is 36.8 Å². The third-order valence-electron chi connectivity index (χ3n) is 1.84. The molecule has 0 bridgehead atoms. The van der Waals surface area contributed by atoms with Crippen LogP contribution < -0.4 is 0 Å². The number of halogens is 1. The summed E-state index contributed by atoms with van der Waals surface area (Å²) in [4.78, 5) is 8.47. The zero-order valence-electron chi connectivity index (χ0n) is 7.84. The van der Waals surface area contributed by atoms with Gasteiger partial charge < -0.3 is 0 Å². The minimum Gasteiger partial charge on any atom is -0.255 e. The molecule has 72 valence electrons. The molecule has 0 spiro atoms. The molecule has 2 heterocycles. The summed E-state index contributed by atoms with van der Waals surface area (Å²) < 4.78 is 0. The smallest absolute Gasteiger partial charge is 0.0888 e. The highest BCUT2D eigenvalue weighted by atomic mass is 127. The predicted molar refractivity (Wildman–Crippen MR) is 67.6 cm³/mol. The Kier molecular flexibility index (Phi) is 4.00. The largest absolute Gasteiger partial charge is 0.255 e. The van der Waals surface area contributed by atoms with Crippen molar-refractivity contribution in [2.75, 3.05) is 0 Å². The van der Waals surface area contributed by atoms with Crippen LogP contribution in [0.25, 0.3) is 11.4 Å². The molecule has 0 aliphatic heterocycles. The van der Waals surface area contributed by atoms with Gasteiger partial charge in [0, 0.05) is 12.4 Å². The zero-order valence-corrected chi connectivity index (χ0v) is 10.2. The molecule has 2 rings (SSSR count). The Morgan fingerprint density at radius 1 is 0.929 bits per heavy atom. The first-order valence-corrected chi connectivity index (χ1v) is 4.20. The lowest BCUT2D eigenvalue weighted by Gasteiger charge is -1.99. The SMILES string of the molecule is Cc1ccnc(-c2ccccn2)c1.I. The van der Waals surface area contributed by atoms with Crippen molar-refractivity contribution in [2.24, 2.45) is 0 Å². The normalized spacial score (nSPS) is 9.21. The first-order valence-electron chi connectivity index (χ1n) is 4.20. The molecule has 0 saturated heterocycles. The van der Waals surface area contributed by atoms with E-state index in [1.807, 2.05) is 37.3 Å². The van der Waals surface area contributed by atoms with Gasteiger partial charge in [-0.25, -0.2) is 0 Å². The molecule has 0 aromatic carbocycles. The summed E-state index contributed by atoms with van der Waals surface area (Å²) in [5.74, 6) is 0. The van der Waals surface area contributed by atoms with Crippen molar-refractivity contribution < 1.29 is 0 Å². The molecule has 0 fully saturated rings. The summed E-state index contributed by atoms with van der Waals surface area (Å²) in [6.07, 6.45) is 3.58. The second kappa shape index (κ2) is 5.05. The van der Waals surface area contributed by atoms with E-state index in [0.29, 0.717) is 0 Å². The van der Waals surface area contributed by atoms with E-state index in [2.05, 4.69) is 9.97 Å². The number of aryl methyl sites for hydroxylation is 1. The molecule has 14 heavy (non-hydrogen) atoms. The van der Waals surface area contributed by atoms with Crippen LogP contribution in [0, 0.1) is 6.92 Å². The van der Waals surface area contributed by atoms with Gasteiger partial charge in [0.05, 0.1) is 11.4 Å². The van der Waals surface area contributed by atoms with Crippen LogP contribution in [-0.2, 0) is 0 Å². The summed E-state index contributed by atoms with van der Waals surface area (Å²) in [6.45, 7) is 2.05. The number of pyridine rings is 2. The molecule has 2 nitrogen and oxygen atoms in total. The first-order chi connectivity index (χ1) is 6.36. The van der Waals surface area contributed by atoms with Gasteiger partial charge >= 0.3 is 0 Å². The van der Waals surface area contributed by atoms with E-state index in [1.165, 1.54) is 5.56 Å². The third-order valence-corrected chi connectivity index (χ3v) is 1.84. The molecule has 0 aliphatic rings. The summed E-state index contributed by atoms with van der Waals surface area (Å²) in [5.41, 5.74) is 3.06. The molecule has 0 N–H and O–H groups in total. The summed E-state index contributed by atoms with van der Waals surface area (Å²) in [5, 5.41) is 0. The topological polar surface area (TPSA) is 25.8 Å². The number of hydrogen-bond donors (Lipinski definition) is 0. The highest BCUT2D eigenvalue weighted by molar-refractivity contribution is 14.0. The van der Waals surface area contributed by atoms with E-state index in [9.17, 15) is 0 Å². The number of rotatable bonds is 1. The Morgan fingerprint density at radius 3 is 2.36 bits per heavy atom. The van der Waals surface area contributed by atoms with Crippen molar-refractivity contribution in [1.29, 1.82) is 0 Å². The Morgan fingerprint density at radius 2 is 1.71 bits per heavy atom. The Labute approximate surface area is 100 Å². The van der Waals surface area contributed by atoms with Gasteiger partial charge in [0.1, 0.15) is 0 Å². The number of hydrogen-bond acceptors (Lipinski definition) is 2. The summed E-state index contributed by atoms with van der Waals surface area (Å²) in [7, 11) is 0. The van der Waals surface area contributed by atoms with Crippen molar-refractivity contribution in [2.45, 2.75) is 6.92 Å². The highest BCUT2D eigenvalue weighted by Crippen LogP contribution is 2.13. The number of nitrogens with zero attached hydrogens (tertiary/aromatic N) is 2. The van der Waals surface area contributed by atoms with Crippen molar-refractivity contribution in [1.82, 2.24) is 9.97 Å². The maximum absolute atomic E-state index is 4.25. The highest BCUT2D eigenvalue weighted by Gasteiger charge is 1.97. The van der Waals surface area contributed by atoms with E-state index in [1.54, 1.807) is 12.4 Å². The van der Waals surface area contributed by atoms with Crippen LogP contribution in [-0.4, -0.2) is 9.97 Å². The number of aromatic nitrogens is 2. The van der Waals surface area contributed by atoms with Gasteiger partial charge in [-0.15, -0.1) is 24.0 Å². The molecular formula is C11H11IN2. The fourth-order valence-electron chi connectivity index (χ4n) is 1.19. The summed E-state index contributed by atoms with van der Waals surface area (Å²) >= 11 is 0. The van der Waals surface area contributed by atoms with Crippen LogP contribution in [0.1, 0.15) is 5.56 Å². The van der Waals surface area contributed by atoms with Crippen molar-refractivity contribution in [3.05, 3.63) is 48.3 Å². The maximum atomic E-state index is 4.25. The van der Waals surface area contributed by atoms with Crippen molar-refractivity contribution >= 4 is 24.0 Å². The third kappa shape index (κ3) is 2.51. The van der Waals surface area contributed by atoms with Gasteiger partial charge in [0.25, 0.3) is 0 Å². The van der Waals surface area contributed by atoms with Crippen LogP contribution in [0.5, 0.6) is 0 Å². The molecule has 2 aromatic rings. The van der Waals surface area contributed by atoms with E-state index in [4.69, 9.17) is 0 Å². The van der Waals surface area contributed by atoms with E-state index in [-0.39, 0.29) is 24.0 Å². The van der Waals surface area contributed by atoms with Gasteiger partial charge in [0.2, 0.25) is 0 Å². The van der Waals surface area contributed by atoms with Crippen LogP contribution in [0.3, 0.4) is 0 Å². The molecule has 0 amide bonds. The van der Waals surface area contributed by atoms with E-state index >= 15 is 0 Å². The molecule has 0 saturated carbocycles. The fraction of sp³-hybridized carbons (Fsp3) is 0.0909. The average molecular weight is 298 g/mol. The summed E-state index contributed by atoms with van der Waals surface area (Å²) in [6, 6.07) is 9.84. The maximum Gasteiger partial charge on any atom is 0.0888 e. The van der Waals surface area contributed by atoms with Gasteiger partial charge in [-0.3, -0.25) is 9.97 Å². The second-order valence-corrected chi connectivity index (χ2v) is 2.93. The minimum absolute atomic E-state index is 0.